The minimum absolute atomic E-state index is 0. The van der Waals surface area contributed by atoms with E-state index >= 15 is 0 Å². The molecule has 0 unspecified atom stereocenters. The minimum Gasteiger partial charge on any atom is -0.370 e. The van der Waals surface area contributed by atoms with Crippen molar-refractivity contribution in [1.82, 2.24) is 9.97 Å². The Bertz CT molecular complexity index is 213. The second-order valence-electron chi connectivity index (χ2n) is 2.04. The predicted octanol–water partition coefficient (Wildman–Crippen LogP) is 0.671. The number of aromatic nitrogens is 2. The molecule has 0 fully saturated rings. The van der Waals surface area contributed by atoms with Gasteiger partial charge in [0.05, 0.1) is 6.33 Å². The van der Waals surface area contributed by atoms with E-state index in [4.69, 9.17) is 5.73 Å². The summed E-state index contributed by atoms with van der Waals surface area (Å²) in [4.78, 5) is 16.9. The van der Waals surface area contributed by atoms with Crippen LogP contribution in [0.4, 0.5) is 0 Å². The molecule has 3 N–H and O–H groups in total. The SMILES string of the molecule is Cl.Cl.NC(=O)CCc1cnc[nH]1. The molecule has 0 saturated carbocycles. The van der Waals surface area contributed by atoms with Crippen LogP contribution < -0.4 is 5.73 Å². The van der Waals surface area contributed by atoms with Gasteiger partial charge in [0.15, 0.2) is 0 Å². The van der Waals surface area contributed by atoms with Crippen LogP contribution in [0.3, 0.4) is 0 Å². The van der Waals surface area contributed by atoms with E-state index in [2.05, 4.69) is 9.97 Å². The highest BCUT2D eigenvalue weighted by Gasteiger charge is 1.96. The molecule has 6 heteroatoms. The Morgan fingerprint density at radius 3 is 2.67 bits per heavy atom. The van der Waals surface area contributed by atoms with Gasteiger partial charge in [-0.1, -0.05) is 0 Å². The van der Waals surface area contributed by atoms with Crippen molar-refractivity contribution >= 4 is 30.7 Å². The van der Waals surface area contributed by atoms with E-state index in [1.807, 2.05) is 0 Å². The quantitative estimate of drug-likeness (QED) is 0.772. The summed E-state index contributed by atoms with van der Waals surface area (Å²) < 4.78 is 0. The average Bonchev–Trinajstić information content (AvgIpc) is 2.34. The molecule has 1 aromatic rings. The maximum absolute atomic E-state index is 10.3. The maximum Gasteiger partial charge on any atom is 0.217 e. The van der Waals surface area contributed by atoms with E-state index in [0.29, 0.717) is 12.8 Å². The largest absolute Gasteiger partial charge is 0.370 e. The highest BCUT2D eigenvalue weighted by Crippen LogP contribution is 1.94. The molecule has 0 aromatic carbocycles. The highest BCUT2D eigenvalue weighted by atomic mass is 35.5. The second-order valence-corrected chi connectivity index (χ2v) is 2.04. The molecular weight excluding hydrogens is 201 g/mol. The Hall–Kier alpha value is -0.740. The summed E-state index contributed by atoms with van der Waals surface area (Å²) in [5.41, 5.74) is 5.88. The normalized spacial score (nSPS) is 8.00. The van der Waals surface area contributed by atoms with Crippen molar-refractivity contribution in [1.29, 1.82) is 0 Å². The number of nitrogens with two attached hydrogens (primary N) is 1. The summed E-state index contributed by atoms with van der Waals surface area (Å²) in [7, 11) is 0. The number of hydrogen-bond donors (Lipinski definition) is 2. The van der Waals surface area contributed by atoms with Gasteiger partial charge in [0.25, 0.3) is 0 Å². The third kappa shape index (κ3) is 4.98. The summed E-state index contributed by atoms with van der Waals surface area (Å²) in [6.45, 7) is 0. The molecular formula is C6H11Cl2N3O. The first kappa shape index (κ1) is 13.8. The monoisotopic (exact) mass is 211 g/mol. The second kappa shape index (κ2) is 6.94. The van der Waals surface area contributed by atoms with Crippen LogP contribution in [-0.4, -0.2) is 15.9 Å². The number of hydrogen-bond acceptors (Lipinski definition) is 2. The van der Waals surface area contributed by atoms with Crippen LogP contribution in [0.2, 0.25) is 0 Å². The van der Waals surface area contributed by atoms with Crippen molar-refractivity contribution in [2.45, 2.75) is 12.8 Å². The lowest BCUT2D eigenvalue weighted by Crippen LogP contribution is -2.11. The molecule has 4 nitrogen and oxygen atoms in total. The van der Waals surface area contributed by atoms with E-state index < -0.39 is 0 Å². The van der Waals surface area contributed by atoms with Crippen molar-refractivity contribution in [3.05, 3.63) is 18.2 Å². The fourth-order valence-electron chi connectivity index (χ4n) is 0.679. The van der Waals surface area contributed by atoms with Gasteiger partial charge in [-0.25, -0.2) is 4.98 Å². The summed E-state index contributed by atoms with van der Waals surface area (Å²) in [6.07, 6.45) is 4.29. The number of rotatable bonds is 3. The molecule has 0 bridgehead atoms. The van der Waals surface area contributed by atoms with Gasteiger partial charge < -0.3 is 10.7 Å². The predicted molar refractivity (Wildman–Crippen MR) is 50.6 cm³/mol. The van der Waals surface area contributed by atoms with Gasteiger partial charge in [0, 0.05) is 18.3 Å². The van der Waals surface area contributed by atoms with Crippen molar-refractivity contribution in [2.75, 3.05) is 0 Å². The lowest BCUT2D eigenvalue weighted by molar-refractivity contribution is -0.118. The van der Waals surface area contributed by atoms with Gasteiger partial charge in [-0.2, -0.15) is 0 Å². The third-order valence-corrected chi connectivity index (χ3v) is 1.20. The van der Waals surface area contributed by atoms with E-state index in [1.165, 1.54) is 0 Å². The molecule has 70 valence electrons. The zero-order valence-corrected chi connectivity index (χ0v) is 7.95. The number of imidazole rings is 1. The lowest BCUT2D eigenvalue weighted by Gasteiger charge is -1.90. The molecule has 0 aliphatic heterocycles. The van der Waals surface area contributed by atoms with Gasteiger partial charge in [0.2, 0.25) is 5.91 Å². The molecule has 1 aromatic heterocycles. The first-order valence-electron chi connectivity index (χ1n) is 3.04. The first-order chi connectivity index (χ1) is 4.79. The Balaban J connectivity index is 0. The molecule has 12 heavy (non-hydrogen) atoms. The lowest BCUT2D eigenvalue weighted by atomic mass is 10.2. The van der Waals surface area contributed by atoms with Gasteiger partial charge in [-0.05, 0) is 6.42 Å². The molecule has 0 saturated heterocycles. The number of aryl methyl sites for hydroxylation is 1. The third-order valence-electron chi connectivity index (χ3n) is 1.20. The zero-order valence-electron chi connectivity index (χ0n) is 6.32. The van der Waals surface area contributed by atoms with E-state index in [1.54, 1.807) is 12.5 Å². The Kier molecular flexibility index (Phi) is 7.99. The summed E-state index contributed by atoms with van der Waals surface area (Å²) in [5, 5.41) is 0. The van der Waals surface area contributed by atoms with Gasteiger partial charge in [-0.15, -0.1) is 24.8 Å². The van der Waals surface area contributed by atoms with Crippen LogP contribution in [-0.2, 0) is 11.2 Å². The van der Waals surface area contributed by atoms with Crippen molar-refractivity contribution in [3.8, 4) is 0 Å². The van der Waals surface area contributed by atoms with Crippen molar-refractivity contribution in [2.24, 2.45) is 5.73 Å². The molecule has 1 rings (SSSR count). The number of nitrogens with zero attached hydrogens (tertiary/aromatic N) is 1. The fourth-order valence-corrected chi connectivity index (χ4v) is 0.679. The molecule has 0 spiro atoms. The topological polar surface area (TPSA) is 71.8 Å². The van der Waals surface area contributed by atoms with Gasteiger partial charge >= 0.3 is 0 Å². The summed E-state index contributed by atoms with van der Waals surface area (Å²) in [5.74, 6) is -0.283. The van der Waals surface area contributed by atoms with Crippen molar-refractivity contribution < 1.29 is 4.79 Å². The van der Waals surface area contributed by atoms with Crippen LogP contribution in [0.1, 0.15) is 12.1 Å². The van der Waals surface area contributed by atoms with Crippen LogP contribution >= 0.6 is 24.8 Å². The van der Waals surface area contributed by atoms with Crippen LogP contribution in [0.5, 0.6) is 0 Å². The number of halogens is 2. The number of H-pyrrole nitrogens is 1. The van der Waals surface area contributed by atoms with E-state index in [0.717, 1.165) is 5.69 Å². The average molecular weight is 212 g/mol. The smallest absolute Gasteiger partial charge is 0.217 e. The van der Waals surface area contributed by atoms with E-state index in [9.17, 15) is 4.79 Å². The number of aromatic amines is 1. The number of nitrogens with one attached hydrogen (secondary N) is 1. The minimum atomic E-state index is -0.283. The van der Waals surface area contributed by atoms with Crippen LogP contribution in [0.25, 0.3) is 0 Å². The standard InChI is InChI=1S/C6H9N3O.2ClH/c7-6(10)2-1-5-3-8-4-9-5;;/h3-4H,1-2H2,(H2,7,10)(H,8,9);2*1H. The molecule has 1 heterocycles. The Morgan fingerprint density at radius 2 is 2.25 bits per heavy atom. The number of primary amides is 1. The molecule has 0 aliphatic rings. The van der Waals surface area contributed by atoms with Crippen molar-refractivity contribution in [3.63, 3.8) is 0 Å². The summed E-state index contributed by atoms with van der Waals surface area (Å²) >= 11 is 0. The van der Waals surface area contributed by atoms with E-state index in [-0.39, 0.29) is 30.7 Å². The van der Waals surface area contributed by atoms with Gasteiger partial charge in [0.1, 0.15) is 0 Å². The van der Waals surface area contributed by atoms with Crippen LogP contribution in [0.15, 0.2) is 12.5 Å². The molecule has 0 atom stereocenters. The zero-order chi connectivity index (χ0) is 7.40. The molecule has 1 amide bonds. The Morgan fingerprint density at radius 1 is 1.58 bits per heavy atom. The number of carbonyl (C=O) groups excluding carboxylic acids is 1. The van der Waals surface area contributed by atoms with Crippen LogP contribution in [0, 0.1) is 0 Å². The highest BCUT2D eigenvalue weighted by molar-refractivity contribution is 5.85. The molecule has 0 radical (unpaired) electrons. The maximum atomic E-state index is 10.3. The first-order valence-corrected chi connectivity index (χ1v) is 3.04. The Labute approximate surface area is 82.8 Å². The fraction of sp³-hybridized carbons (Fsp3) is 0.333. The number of carbonyl (C=O) groups is 1. The summed E-state index contributed by atoms with van der Waals surface area (Å²) in [6, 6.07) is 0. The number of amides is 1. The van der Waals surface area contributed by atoms with Gasteiger partial charge in [-0.3, -0.25) is 4.79 Å². The molecule has 0 aliphatic carbocycles.